The largest absolute Gasteiger partial charge is 0.472 e. The molecule has 0 spiro atoms. The highest BCUT2D eigenvalue weighted by molar-refractivity contribution is 5.38. The number of hydrogen-bond donors (Lipinski definition) is 2. The number of nitrogens with two attached hydrogens (primary N) is 1. The second-order valence-corrected chi connectivity index (χ2v) is 2.83. The van der Waals surface area contributed by atoms with Crippen LogP contribution in [0.3, 0.4) is 0 Å². The van der Waals surface area contributed by atoms with E-state index in [2.05, 4.69) is 15.5 Å². The van der Waals surface area contributed by atoms with Crippen LogP contribution in [0.4, 0.5) is 11.6 Å². The van der Waals surface area contributed by atoms with E-state index in [1.807, 2.05) is 6.07 Å². The highest BCUT2D eigenvalue weighted by Crippen LogP contribution is 2.06. The first-order valence-electron chi connectivity index (χ1n) is 4.19. The van der Waals surface area contributed by atoms with E-state index < -0.39 is 0 Å². The second-order valence-electron chi connectivity index (χ2n) is 2.83. The van der Waals surface area contributed by atoms with Gasteiger partial charge in [-0.1, -0.05) is 0 Å². The van der Waals surface area contributed by atoms with Crippen molar-refractivity contribution < 1.29 is 4.42 Å². The molecule has 3 N–H and O–H groups in total. The SMILES string of the molecule is Nc1ccc(NCc2ccoc2)nn1. The Morgan fingerprint density at radius 2 is 2.21 bits per heavy atom. The van der Waals surface area contributed by atoms with Crippen LogP contribution < -0.4 is 11.1 Å². The molecule has 0 amide bonds. The van der Waals surface area contributed by atoms with Crippen LogP contribution in [-0.4, -0.2) is 10.2 Å². The van der Waals surface area contributed by atoms with Crippen LogP contribution >= 0.6 is 0 Å². The predicted molar refractivity (Wildman–Crippen MR) is 52.5 cm³/mol. The normalized spacial score (nSPS) is 10.0. The van der Waals surface area contributed by atoms with Crippen molar-refractivity contribution in [2.45, 2.75) is 6.54 Å². The fraction of sp³-hybridized carbons (Fsp3) is 0.111. The Labute approximate surface area is 80.9 Å². The molecular formula is C9H10N4O. The van der Waals surface area contributed by atoms with Crippen molar-refractivity contribution >= 4 is 11.6 Å². The van der Waals surface area contributed by atoms with Crippen molar-refractivity contribution in [3.8, 4) is 0 Å². The summed E-state index contributed by atoms with van der Waals surface area (Å²) in [5, 5.41) is 10.7. The van der Waals surface area contributed by atoms with E-state index in [0.717, 1.165) is 5.56 Å². The highest BCUT2D eigenvalue weighted by atomic mass is 16.3. The van der Waals surface area contributed by atoms with Crippen LogP contribution in [-0.2, 0) is 6.54 Å². The van der Waals surface area contributed by atoms with E-state index in [0.29, 0.717) is 18.2 Å². The zero-order chi connectivity index (χ0) is 9.80. The molecule has 5 heteroatoms. The molecule has 0 fully saturated rings. The number of hydrogen-bond acceptors (Lipinski definition) is 5. The summed E-state index contributed by atoms with van der Waals surface area (Å²) in [4.78, 5) is 0. The van der Waals surface area contributed by atoms with Crippen LogP contribution in [0.2, 0.25) is 0 Å². The summed E-state index contributed by atoms with van der Waals surface area (Å²) in [6.45, 7) is 0.662. The standard InChI is InChI=1S/C9H10N4O/c10-8-1-2-9(13-12-8)11-5-7-3-4-14-6-7/h1-4,6H,5H2,(H2,10,12)(H,11,13). The quantitative estimate of drug-likeness (QED) is 0.762. The molecule has 0 radical (unpaired) electrons. The van der Waals surface area contributed by atoms with E-state index >= 15 is 0 Å². The molecular weight excluding hydrogens is 180 g/mol. The minimum absolute atomic E-state index is 0.416. The lowest BCUT2D eigenvalue weighted by atomic mass is 10.3. The third-order valence-electron chi connectivity index (χ3n) is 1.74. The molecule has 5 nitrogen and oxygen atoms in total. The molecule has 0 aliphatic rings. The first-order chi connectivity index (χ1) is 6.84. The van der Waals surface area contributed by atoms with Gasteiger partial charge in [-0.3, -0.25) is 0 Å². The van der Waals surface area contributed by atoms with Crippen LogP contribution in [0.5, 0.6) is 0 Å². The Morgan fingerprint density at radius 1 is 1.29 bits per heavy atom. The summed E-state index contributed by atoms with van der Waals surface area (Å²) < 4.78 is 4.93. The zero-order valence-electron chi connectivity index (χ0n) is 7.47. The van der Waals surface area contributed by atoms with Crippen molar-refractivity contribution in [1.29, 1.82) is 0 Å². The molecule has 14 heavy (non-hydrogen) atoms. The van der Waals surface area contributed by atoms with E-state index in [9.17, 15) is 0 Å². The minimum atomic E-state index is 0.416. The highest BCUT2D eigenvalue weighted by Gasteiger charge is 1.96. The predicted octanol–water partition coefficient (Wildman–Crippen LogP) is 1.26. The van der Waals surface area contributed by atoms with Crippen LogP contribution in [0, 0.1) is 0 Å². The van der Waals surface area contributed by atoms with Gasteiger partial charge in [0.05, 0.1) is 12.5 Å². The molecule has 0 atom stereocenters. The molecule has 72 valence electrons. The van der Waals surface area contributed by atoms with Crippen LogP contribution in [0.15, 0.2) is 35.1 Å². The van der Waals surface area contributed by atoms with Gasteiger partial charge in [0.15, 0.2) is 0 Å². The van der Waals surface area contributed by atoms with Gasteiger partial charge in [-0.2, -0.15) is 0 Å². The Bertz CT molecular complexity index is 382. The molecule has 0 saturated carbocycles. The van der Waals surface area contributed by atoms with Crippen molar-refractivity contribution in [3.63, 3.8) is 0 Å². The number of nitrogens with one attached hydrogen (secondary N) is 1. The van der Waals surface area contributed by atoms with Gasteiger partial charge in [0.25, 0.3) is 0 Å². The first kappa shape index (κ1) is 8.55. The molecule has 2 heterocycles. The number of rotatable bonds is 3. The molecule has 0 saturated heterocycles. The average molecular weight is 190 g/mol. The van der Waals surface area contributed by atoms with Gasteiger partial charge in [-0.15, -0.1) is 10.2 Å². The monoisotopic (exact) mass is 190 g/mol. The van der Waals surface area contributed by atoms with Gasteiger partial charge < -0.3 is 15.5 Å². The number of nitrogen functional groups attached to an aromatic ring is 1. The maximum absolute atomic E-state index is 5.40. The smallest absolute Gasteiger partial charge is 0.149 e. The minimum Gasteiger partial charge on any atom is -0.472 e. The second kappa shape index (κ2) is 3.78. The first-order valence-corrected chi connectivity index (χ1v) is 4.19. The van der Waals surface area contributed by atoms with Crippen LogP contribution in [0.25, 0.3) is 0 Å². The Kier molecular flexibility index (Phi) is 2.31. The summed E-state index contributed by atoms with van der Waals surface area (Å²) in [6.07, 6.45) is 3.31. The van der Waals surface area contributed by atoms with Gasteiger partial charge in [-0.25, -0.2) is 0 Å². The van der Waals surface area contributed by atoms with E-state index in [1.54, 1.807) is 24.7 Å². The van der Waals surface area contributed by atoms with Gasteiger partial charge in [0.2, 0.25) is 0 Å². The van der Waals surface area contributed by atoms with Crippen molar-refractivity contribution in [1.82, 2.24) is 10.2 Å². The summed E-state index contributed by atoms with van der Waals surface area (Å²) in [6, 6.07) is 5.37. The summed E-state index contributed by atoms with van der Waals surface area (Å²) in [5.41, 5.74) is 6.46. The Morgan fingerprint density at radius 3 is 2.86 bits per heavy atom. The lowest BCUT2D eigenvalue weighted by molar-refractivity contribution is 0.564. The molecule has 2 rings (SSSR count). The zero-order valence-corrected chi connectivity index (χ0v) is 7.47. The number of anilines is 2. The number of nitrogens with zero attached hydrogens (tertiary/aromatic N) is 2. The van der Waals surface area contributed by atoms with Crippen LogP contribution in [0.1, 0.15) is 5.56 Å². The number of furan rings is 1. The fourth-order valence-corrected chi connectivity index (χ4v) is 1.02. The molecule has 2 aromatic heterocycles. The third kappa shape index (κ3) is 2.01. The summed E-state index contributed by atoms with van der Waals surface area (Å²) >= 11 is 0. The molecule has 2 aromatic rings. The lowest BCUT2D eigenvalue weighted by Crippen LogP contribution is -2.02. The molecule has 0 unspecified atom stereocenters. The Hall–Kier alpha value is -2.04. The van der Waals surface area contributed by atoms with E-state index in [-0.39, 0.29) is 0 Å². The third-order valence-corrected chi connectivity index (χ3v) is 1.74. The van der Waals surface area contributed by atoms with Crippen molar-refractivity contribution in [2.75, 3.05) is 11.1 Å². The number of aromatic nitrogens is 2. The van der Waals surface area contributed by atoms with Gasteiger partial charge in [0.1, 0.15) is 11.6 Å². The lowest BCUT2D eigenvalue weighted by Gasteiger charge is -2.01. The molecule has 0 aliphatic carbocycles. The summed E-state index contributed by atoms with van der Waals surface area (Å²) in [7, 11) is 0. The maximum Gasteiger partial charge on any atom is 0.149 e. The van der Waals surface area contributed by atoms with Gasteiger partial charge in [0, 0.05) is 12.1 Å². The van der Waals surface area contributed by atoms with Gasteiger partial charge in [-0.05, 0) is 18.2 Å². The van der Waals surface area contributed by atoms with Crippen molar-refractivity contribution in [2.24, 2.45) is 0 Å². The van der Waals surface area contributed by atoms with E-state index in [1.165, 1.54) is 0 Å². The molecule has 0 aliphatic heterocycles. The Balaban J connectivity index is 1.95. The fourth-order valence-electron chi connectivity index (χ4n) is 1.02. The van der Waals surface area contributed by atoms with Crippen molar-refractivity contribution in [3.05, 3.63) is 36.3 Å². The van der Waals surface area contributed by atoms with E-state index in [4.69, 9.17) is 10.2 Å². The molecule has 0 bridgehead atoms. The topological polar surface area (TPSA) is 77.0 Å². The molecule has 0 aromatic carbocycles. The average Bonchev–Trinajstić information content (AvgIpc) is 2.70. The summed E-state index contributed by atoms with van der Waals surface area (Å²) in [5.74, 6) is 1.11. The van der Waals surface area contributed by atoms with Gasteiger partial charge >= 0.3 is 0 Å². The maximum atomic E-state index is 5.40.